The minimum absolute atomic E-state index is 0.0250. The molecule has 6 nitrogen and oxygen atoms in total. The monoisotopic (exact) mass is 293 g/mol. The number of methoxy groups -OCH3 is 1. The first-order chi connectivity index (χ1) is 10.2. The van der Waals surface area contributed by atoms with E-state index in [1.165, 1.54) is 0 Å². The summed E-state index contributed by atoms with van der Waals surface area (Å²) in [4.78, 5) is 14.3. The maximum absolute atomic E-state index is 12.2. The average molecular weight is 293 g/mol. The molecule has 1 atom stereocenters. The highest BCUT2D eigenvalue weighted by Crippen LogP contribution is 2.28. The van der Waals surface area contributed by atoms with Crippen LogP contribution in [0.2, 0.25) is 0 Å². The highest BCUT2D eigenvalue weighted by atomic mass is 16.5. The Balaban J connectivity index is 2.34. The molecule has 0 spiro atoms. The molecule has 1 unspecified atom stereocenters. The fourth-order valence-electron chi connectivity index (χ4n) is 2.51. The number of benzene rings is 1. The van der Waals surface area contributed by atoms with Gasteiger partial charge in [-0.3, -0.25) is 4.79 Å². The van der Waals surface area contributed by atoms with E-state index >= 15 is 0 Å². The van der Waals surface area contributed by atoms with Crippen LogP contribution < -0.4 is 20.7 Å². The molecule has 1 heterocycles. The second-order valence-electron chi connectivity index (χ2n) is 4.88. The lowest BCUT2D eigenvalue weighted by molar-refractivity contribution is -0.124. The SMILES string of the molecule is CCNC(=O)C1COCCN1c1cc(OC)ccc1CN. The number of hydrogen-bond donors (Lipinski definition) is 2. The zero-order valence-corrected chi connectivity index (χ0v) is 12.6. The highest BCUT2D eigenvalue weighted by molar-refractivity contribution is 5.86. The van der Waals surface area contributed by atoms with Gasteiger partial charge < -0.3 is 25.4 Å². The van der Waals surface area contributed by atoms with Gasteiger partial charge in [0.05, 0.1) is 20.3 Å². The molecule has 1 fully saturated rings. The molecular weight excluding hydrogens is 270 g/mol. The molecule has 1 aromatic rings. The van der Waals surface area contributed by atoms with Crippen LogP contribution in [0.25, 0.3) is 0 Å². The molecule has 1 aliphatic rings. The maximum Gasteiger partial charge on any atom is 0.245 e. The topological polar surface area (TPSA) is 76.8 Å². The van der Waals surface area contributed by atoms with E-state index in [0.717, 1.165) is 17.0 Å². The number of carbonyl (C=O) groups excluding carboxylic acids is 1. The van der Waals surface area contributed by atoms with E-state index in [-0.39, 0.29) is 11.9 Å². The fourth-order valence-corrected chi connectivity index (χ4v) is 2.51. The van der Waals surface area contributed by atoms with E-state index in [0.29, 0.717) is 32.8 Å². The van der Waals surface area contributed by atoms with Crippen LogP contribution in [0, 0.1) is 0 Å². The van der Waals surface area contributed by atoms with Crippen molar-refractivity contribution in [1.82, 2.24) is 5.32 Å². The Morgan fingerprint density at radius 3 is 3.05 bits per heavy atom. The Morgan fingerprint density at radius 2 is 2.38 bits per heavy atom. The molecule has 1 aliphatic heterocycles. The number of likely N-dealkylation sites (N-methyl/N-ethyl adjacent to an activating group) is 1. The summed E-state index contributed by atoms with van der Waals surface area (Å²) in [7, 11) is 1.63. The second kappa shape index (κ2) is 7.28. The predicted molar refractivity (Wildman–Crippen MR) is 81.5 cm³/mol. The van der Waals surface area contributed by atoms with Crippen molar-refractivity contribution >= 4 is 11.6 Å². The summed E-state index contributed by atoms with van der Waals surface area (Å²) in [5.74, 6) is 0.728. The zero-order valence-electron chi connectivity index (χ0n) is 12.6. The van der Waals surface area contributed by atoms with Crippen molar-refractivity contribution in [3.63, 3.8) is 0 Å². The largest absolute Gasteiger partial charge is 0.497 e. The van der Waals surface area contributed by atoms with Gasteiger partial charge >= 0.3 is 0 Å². The lowest BCUT2D eigenvalue weighted by atomic mass is 10.1. The van der Waals surface area contributed by atoms with Gasteiger partial charge in [0, 0.05) is 31.4 Å². The van der Waals surface area contributed by atoms with Crippen LogP contribution in [0.4, 0.5) is 5.69 Å². The summed E-state index contributed by atoms with van der Waals surface area (Å²) in [6.07, 6.45) is 0. The van der Waals surface area contributed by atoms with E-state index in [2.05, 4.69) is 10.2 Å². The van der Waals surface area contributed by atoms with Crippen molar-refractivity contribution in [3.05, 3.63) is 23.8 Å². The number of rotatable bonds is 5. The lowest BCUT2D eigenvalue weighted by Gasteiger charge is -2.37. The van der Waals surface area contributed by atoms with Crippen LogP contribution in [-0.4, -0.2) is 45.4 Å². The van der Waals surface area contributed by atoms with E-state index in [1.54, 1.807) is 7.11 Å². The number of amides is 1. The van der Waals surface area contributed by atoms with E-state index in [1.807, 2.05) is 25.1 Å². The van der Waals surface area contributed by atoms with Gasteiger partial charge in [0.15, 0.2) is 0 Å². The lowest BCUT2D eigenvalue weighted by Crippen LogP contribution is -2.54. The van der Waals surface area contributed by atoms with Gasteiger partial charge in [0.1, 0.15) is 11.8 Å². The number of morpholine rings is 1. The van der Waals surface area contributed by atoms with Crippen molar-refractivity contribution in [1.29, 1.82) is 0 Å². The molecule has 0 bridgehead atoms. The summed E-state index contributed by atoms with van der Waals surface area (Å²) in [5.41, 5.74) is 7.76. The highest BCUT2D eigenvalue weighted by Gasteiger charge is 2.30. The second-order valence-corrected chi connectivity index (χ2v) is 4.88. The number of carbonyl (C=O) groups is 1. The maximum atomic E-state index is 12.2. The van der Waals surface area contributed by atoms with Crippen molar-refractivity contribution in [3.8, 4) is 5.75 Å². The third kappa shape index (κ3) is 3.46. The van der Waals surface area contributed by atoms with Crippen LogP contribution in [0.5, 0.6) is 5.75 Å². The number of hydrogen-bond acceptors (Lipinski definition) is 5. The number of nitrogens with zero attached hydrogens (tertiary/aromatic N) is 1. The summed E-state index contributed by atoms with van der Waals surface area (Å²) >= 11 is 0. The first-order valence-electron chi connectivity index (χ1n) is 7.20. The Kier molecular flexibility index (Phi) is 5.41. The predicted octanol–water partition coefficient (Wildman–Crippen LogP) is 0.495. The van der Waals surface area contributed by atoms with Crippen molar-refractivity contribution in [2.75, 3.05) is 38.3 Å². The van der Waals surface area contributed by atoms with Gasteiger partial charge in [-0.05, 0) is 18.6 Å². The third-order valence-corrected chi connectivity index (χ3v) is 3.60. The first kappa shape index (κ1) is 15.6. The zero-order chi connectivity index (χ0) is 15.2. The van der Waals surface area contributed by atoms with Gasteiger partial charge in [-0.25, -0.2) is 0 Å². The Bertz CT molecular complexity index is 493. The molecule has 1 aromatic carbocycles. The van der Waals surface area contributed by atoms with Crippen molar-refractivity contribution < 1.29 is 14.3 Å². The molecule has 3 N–H and O–H groups in total. The molecule has 1 amide bonds. The number of ether oxygens (including phenoxy) is 2. The van der Waals surface area contributed by atoms with E-state index < -0.39 is 0 Å². The molecule has 2 rings (SSSR count). The van der Waals surface area contributed by atoms with Crippen molar-refractivity contribution in [2.24, 2.45) is 5.73 Å². The van der Waals surface area contributed by atoms with Crippen LogP contribution in [0.15, 0.2) is 18.2 Å². The average Bonchev–Trinajstić information content (AvgIpc) is 2.54. The van der Waals surface area contributed by atoms with Gasteiger partial charge in [-0.1, -0.05) is 6.07 Å². The van der Waals surface area contributed by atoms with Crippen molar-refractivity contribution in [2.45, 2.75) is 19.5 Å². The minimum Gasteiger partial charge on any atom is -0.497 e. The molecule has 0 saturated carbocycles. The third-order valence-electron chi connectivity index (χ3n) is 3.60. The molecular formula is C15H23N3O3. The normalized spacial score (nSPS) is 18.4. The summed E-state index contributed by atoms with van der Waals surface area (Å²) < 4.78 is 10.8. The van der Waals surface area contributed by atoms with Crippen LogP contribution in [0.1, 0.15) is 12.5 Å². The van der Waals surface area contributed by atoms with Crippen LogP contribution >= 0.6 is 0 Å². The molecule has 6 heteroatoms. The summed E-state index contributed by atoms with van der Waals surface area (Å²) in [6.45, 7) is 4.55. The van der Waals surface area contributed by atoms with E-state index in [9.17, 15) is 4.79 Å². The minimum atomic E-state index is -0.337. The summed E-state index contributed by atoms with van der Waals surface area (Å²) in [5, 5.41) is 2.86. The molecule has 116 valence electrons. The summed E-state index contributed by atoms with van der Waals surface area (Å²) in [6, 6.07) is 5.42. The standard InChI is InChI=1S/C15H23N3O3/c1-3-17-15(19)14-10-21-7-6-18(14)13-8-12(20-2)5-4-11(13)9-16/h4-5,8,14H,3,6-7,9-10,16H2,1-2H3,(H,17,19). The number of anilines is 1. The first-order valence-corrected chi connectivity index (χ1v) is 7.20. The van der Waals surface area contributed by atoms with Gasteiger partial charge in [-0.2, -0.15) is 0 Å². The quantitative estimate of drug-likeness (QED) is 0.826. The fraction of sp³-hybridized carbons (Fsp3) is 0.533. The van der Waals surface area contributed by atoms with Gasteiger partial charge in [-0.15, -0.1) is 0 Å². The van der Waals surface area contributed by atoms with E-state index in [4.69, 9.17) is 15.2 Å². The van der Waals surface area contributed by atoms with Gasteiger partial charge in [0.25, 0.3) is 0 Å². The molecule has 21 heavy (non-hydrogen) atoms. The molecule has 1 saturated heterocycles. The molecule has 0 radical (unpaired) electrons. The van der Waals surface area contributed by atoms with Crippen LogP contribution in [0.3, 0.4) is 0 Å². The number of nitrogens with two attached hydrogens (primary N) is 1. The molecule has 0 aromatic heterocycles. The van der Waals surface area contributed by atoms with Crippen LogP contribution in [-0.2, 0) is 16.1 Å². The number of nitrogens with one attached hydrogen (secondary N) is 1. The Morgan fingerprint density at radius 1 is 1.57 bits per heavy atom. The smallest absolute Gasteiger partial charge is 0.245 e. The Hall–Kier alpha value is -1.79. The molecule has 0 aliphatic carbocycles. The Labute approximate surface area is 125 Å². The van der Waals surface area contributed by atoms with Gasteiger partial charge in [0.2, 0.25) is 5.91 Å².